The summed E-state index contributed by atoms with van der Waals surface area (Å²) in [5, 5.41) is 3.44. The van der Waals surface area contributed by atoms with E-state index in [4.69, 9.17) is 0 Å². The number of benzene rings is 4. The van der Waals surface area contributed by atoms with Crippen molar-refractivity contribution in [1.82, 2.24) is 0 Å². The number of hydrogen-bond donors (Lipinski definition) is 0. The lowest BCUT2D eigenvalue weighted by Gasteiger charge is -2.28. The summed E-state index contributed by atoms with van der Waals surface area (Å²) in [4.78, 5) is 13.5. The summed E-state index contributed by atoms with van der Waals surface area (Å²) < 4.78 is 0. The van der Waals surface area contributed by atoms with Crippen LogP contribution in [-0.4, -0.2) is 0 Å². The van der Waals surface area contributed by atoms with Gasteiger partial charge in [0.25, 0.3) is 0 Å². The fraction of sp³-hybridized carbons (Fsp3) is 0.0938. The molecule has 0 saturated heterocycles. The minimum Gasteiger partial charge on any atom is -0.289 e. The molecule has 0 spiro atoms. The van der Waals surface area contributed by atoms with E-state index >= 15 is 0 Å². The van der Waals surface area contributed by atoms with Crippen molar-refractivity contribution < 1.29 is 0 Å². The molecule has 6 rings (SSSR count). The number of hydrogen-bond acceptors (Lipinski definition) is 1. The first kappa shape index (κ1) is 19.7. The maximum absolute atomic E-state index is 13.5. The number of fused-ring (bicyclic) bond motifs is 4. The van der Waals surface area contributed by atoms with Gasteiger partial charge < -0.3 is 0 Å². The molecular formula is C32H24O. The van der Waals surface area contributed by atoms with E-state index in [2.05, 4.69) is 92.7 Å². The minimum absolute atomic E-state index is 0.0793. The third kappa shape index (κ3) is 3.04. The van der Waals surface area contributed by atoms with Gasteiger partial charge in [-0.1, -0.05) is 111 Å². The van der Waals surface area contributed by atoms with Crippen molar-refractivity contribution in [3.63, 3.8) is 0 Å². The predicted molar refractivity (Wildman–Crippen MR) is 140 cm³/mol. The molecule has 158 valence electrons. The first-order valence-electron chi connectivity index (χ1n) is 11.4. The molecule has 5 aromatic carbocycles. The highest BCUT2D eigenvalue weighted by Crippen LogP contribution is 2.43. The molecule has 1 aliphatic carbocycles. The van der Waals surface area contributed by atoms with E-state index in [-0.39, 0.29) is 10.8 Å². The Morgan fingerprint density at radius 2 is 1.24 bits per heavy atom. The van der Waals surface area contributed by atoms with Crippen molar-refractivity contribution in [2.75, 3.05) is 0 Å². The Bertz CT molecular complexity index is 1650. The Morgan fingerprint density at radius 1 is 0.606 bits per heavy atom. The molecule has 33 heavy (non-hydrogen) atoms. The zero-order valence-electron chi connectivity index (χ0n) is 18.8. The molecule has 0 saturated carbocycles. The second kappa shape index (κ2) is 7.28. The molecule has 0 atom stereocenters. The van der Waals surface area contributed by atoms with Gasteiger partial charge in [0, 0.05) is 16.2 Å². The van der Waals surface area contributed by atoms with Crippen LogP contribution in [0.5, 0.6) is 0 Å². The Hall–Kier alpha value is -3.97. The first-order chi connectivity index (χ1) is 16.0. The standard InChI is InChI=1S/C32H24O/c1-32(2)29-13-7-4-10-24(29)20-27(26-12-6-8-14-30(26)32)23-18-17-22-16-15-21-9-3-5-11-25(21)31(33)28(22)19-23/h3-20H,1-2H3. The largest absolute Gasteiger partial charge is 0.289 e. The lowest BCUT2D eigenvalue weighted by atomic mass is 9.75. The van der Waals surface area contributed by atoms with Crippen LogP contribution in [0.15, 0.2) is 108 Å². The second-order valence-corrected chi connectivity index (χ2v) is 9.37. The monoisotopic (exact) mass is 424 g/mol. The van der Waals surface area contributed by atoms with Crippen LogP contribution in [0.1, 0.15) is 41.7 Å². The average molecular weight is 425 g/mol. The van der Waals surface area contributed by atoms with Crippen LogP contribution in [0.25, 0.3) is 33.2 Å². The molecule has 0 unspecified atom stereocenters. The van der Waals surface area contributed by atoms with Gasteiger partial charge in [0.2, 0.25) is 0 Å². The summed E-state index contributed by atoms with van der Waals surface area (Å²) in [5.74, 6) is 0. The lowest BCUT2D eigenvalue weighted by Crippen LogP contribution is -2.20. The molecule has 5 aromatic rings. The summed E-state index contributed by atoms with van der Waals surface area (Å²) in [6.07, 6.45) is 2.29. The normalized spacial score (nSPS) is 14.3. The van der Waals surface area contributed by atoms with Gasteiger partial charge in [0.05, 0.1) is 0 Å². The van der Waals surface area contributed by atoms with E-state index in [1.807, 2.05) is 30.3 Å². The smallest absolute Gasteiger partial charge is 0.194 e. The number of rotatable bonds is 1. The zero-order chi connectivity index (χ0) is 22.6. The molecule has 0 aromatic heterocycles. The summed E-state index contributed by atoms with van der Waals surface area (Å²) >= 11 is 0. The molecule has 0 aliphatic heterocycles. The van der Waals surface area contributed by atoms with Crippen LogP contribution in [0, 0.1) is 0 Å². The van der Waals surface area contributed by atoms with E-state index in [0.717, 1.165) is 32.7 Å². The Kier molecular flexibility index (Phi) is 4.35. The Morgan fingerprint density at radius 3 is 2.09 bits per heavy atom. The topological polar surface area (TPSA) is 17.1 Å². The van der Waals surface area contributed by atoms with Gasteiger partial charge in [0.15, 0.2) is 5.43 Å². The molecule has 0 radical (unpaired) electrons. The van der Waals surface area contributed by atoms with Crippen LogP contribution in [0.2, 0.25) is 0 Å². The zero-order valence-corrected chi connectivity index (χ0v) is 18.8. The average Bonchev–Trinajstić information content (AvgIpc) is 3.05. The molecule has 1 aliphatic rings. The first-order valence-corrected chi connectivity index (χ1v) is 11.4. The highest BCUT2D eigenvalue weighted by atomic mass is 16.1. The molecule has 0 bridgehead atoms. The third-order valence-electron chi connectivity index (χ3n) is 7.08. The highest BCUT2D eigenvalue weighted by Gasteiger charge is 2.31. The van der Waals surface area contributed by atoms with Gasteiger partial charge in [-0.15, -0.1) is 0 Å². The maximum Gasteiger partial charge on any atom is 0.194 e. The van der Waals surface area contributed by atoms with E-state index in [9.17, 15) is 4.79 Å². The Labute approximate surface area is 193 Å². The SMILES string of the molecule is CC1(C)c2ccccc2C=C(c2ccc3ccc4ccccc4c(=O)c3c2)c2ccccc21. The van der Waals surface area contributed by atoms with Gasteiger partial charge >= 0.3 is 0 Å². The Balaban J connectivity index is 1.68. The van der Waals surface area contributed by atoms with E-state index in [1.165, 1.54) is 22.3 Å². The van der Waals surface area contributed by atoms with Crippen molar-refractivity contribution in [2.24, 2.45) is 0 Å². The highest BCUT2D eigenvalue weighted by molar-refractivity contribution is 5.99. The third-order valence-corrected chi connectivity index (χ3v) is 7.08. The van der Waals surface area contributed by atoms with E-state index in [1.54, 1.807) is 0 Å². The summed E-state index contributed by atoms with van der Waals surface area (Å²) in [7, 11) is 0. The van der Waals surface area contributed by atoms with Crippen molar-refractivity contribution in [2.45, 2.75) is 19.3 Å². The summed E-state index contributed by atoms with van der Waals surface area (Å²) in [5.41, 5.74) is 7.22. The predicted octanol–water partition coefficient (Wildman–Crippen LogP) is 7.58. The second-order valence-electron chi connectivity index (χ2n) is 9.37. The van der Waals surface area contributed by atoms with Crippen LogP contribution < -0.4 is 5.43 Å². The van der Waals surface area contributed by atoms with Crippen LogP contribution in [-0.2, 0) is 5.41 Å². The van der Waals surface area contributed by atoms with Crippen LogP contribution in [0.4, 0.5) is 0 Å². The van der Waals surface area contributed by atoms with Gasteiger partial charge in [-0.25, -0.2) is 0 Å². The van der Waals surface area contributed by atoms with Gasteiger partial charge in [-0.3, -0.25) is 4.79 Å². The fourth-order valence-corrected chi connectivity index (χ4v) is 5.31. The minimum atomic E-state index is -0.130. The lowest BCUT2D eigenvalue weighted by molar-refractivity contribution is 0.639. The van der Waals surface area contributed by atoms with Gasteiger partial charge in [-0.05, 0) is 56.3 Å². The molecule has 1 heteroatoms. The molecule has 0 fully saturated rings. The van der Waals surface area contributed by atoms with Crippen molar-refractivity contribution >= 4 is 33.2 Å². The van der Waals surface area contributed by atoms with Gasteiger partial charge in [0.1, 0.15) is 0 Å². The molecule has 1 nitrogen and oxygen atoms in total. The maximum atomic E-state index is 13.5. The quantitative estimate of drug-likeness (QED) is 0.271. The van der Waals surface area contributed by atoms with Crippen molar-refractivity contribution in [3.05, 3.63) is 141 Å². The summed E-state index contributed by atoms with van der Waals surface area (Å²) in [6, 6.07) is 35.5. The molecule has 0 amide bonds. The van der Waals surface area contributed by atoms with E-state index < -0.39 is 0 Å². The molecular weight excluding hydrogens is 400 g/mol. The molecule has 0 heterocycles. The van der Waals surface area contributed by atoms with Crippen molar-refractivity contribution in [3.8, 4) is 0 Å². The van der Waals surface area contributed by atoms with Crippen LogP contribution >= 0.6 is 0 Å². The fourth-order valence-electron chi connectivity index (χ4n) is 5.31. The summed E-state index contributed by atoms with van der Waals surface area (Å²) in [6.45, 7) is 4.59. The van der Waals surface area contributed by atoms with Gasteiger partial charge in [-0.2, -0.15) is 0 Å². The van der Waals surface area contributed by atoms with E-state index in [0.29, 0.717) is 0 Å². The molecule has 0 N–H and O–H groups in total. The van der Waals surface area contributed by atoms with Crippen molar-refractivity contribution in [1.29, 1.82) is 0 Å². The van der Waals surface area contributed by atoms with Crippen LogP contribution in [0.3, 0.4) is 0 Å².